The molecule has 1 aliphatic rings. The molecule has 1 fully saturated rings. The molecule has 0 aromatic carbocycles. The molecule has 6 heteroatoms. The second-order valence-electron chi connectivity index (χ2n) is 5.18. The number of esters is 1. The molecule has 0 spiro atoms. The predicted octanol–water partition coefficient (Wildman–Crippen LogP) is 1.48. The molecule has 1 heterocycles. The van der Waals surface area contributed by atoms with Crippen LogP contribution in [0, 0.1) is 0 Å². The number of ether oxygens (including phenoxy) is 2. The van der Waals surface area contributed by atoms with E-state index >= 15 is 0 Å². The summed E-state index contributed by atoms with van der Waals surface area (Å²) in [6, 6.07) is -0.869. The first-order chi connectivity index (χ1) is 8.26. The van der Waals surface area contributed by atoms with Gasteiger partial charge in [-0.2, -0.15) is 0 Å². The van der Waals surface area contributed by atoms with Crippen molar-refractivity contribution >= 4 is 18.0 Å². The predicted molar refractivity (Wildman–Crippen MR) is 62.7 cm³/mol. The van der Waals surface area contributed by atoms with Crippen molar-refractivity contribution in [2.45, 2.75) is 51.7 Å². The zero-order valence-corrected chi connectivity index (χ0v) is 11.2. The van der Waals surface area contributed by atoms with Crippen LogP contribution in [0.3, 0.4) is 0 Å². The summed E-state index contributed by atoms with van der Waals surface area (Å²) in [5, 5.41) is 0. The topological polar surface area (TPSA) is 72.9 Å². The Morgan fingerprint density at radius 3 is 2.44 bits per heavy atom. The average Bonchev–Trinajstić information content (AvgIpc) is 2.25. The quantitative estimate of drug-likeness (QED) is 0.665. The van der Waals surface area contributed by atoms with E-state index in [-0.39, 0.29) is 6.42 Å². The van der Waals surface area contributed by atoms with Crippen LogP contribution in [0.5, 0.6) is 0 Å². The standard InChI is InChI=1S/C12H19NO5/c1-12(2,3)18-11(16)13-8(10(15)17-4)6-5-7-9(13)14/h8H,5-7H2,1-4H3. The minimum Gasteiger partial charge on any atom is -0.467 e. The normalized spacial score (nSPS) is 20.6. The number of nitrogens with zero attached hydrogens (tertiary/aromatic N) is 1. The number of amides is 2. The van der Waals surface area contributed by atoms with Gasteiger partial charge in [0.25, 0.3) is 0 Å². The van der Waals surface area contributed by atoms with Crippen molar-refractivity contribution < 1.29 is 23.9 Å². The van der Waals surface area contributed by atoms with Crippen LogP contribution in [0.1, 0.15) is 40.0 Å². The number of rotatable bonds is 1. The average molecular weight is 257 g/mol. The molecule has 102 valence electrons. The molecule has 2 amide bonds. The minimum absolute atomic E-state index is 0.243. The first-order valence-electron chi connectivity index (χ1n) is 5.89. The highest BCUT2D eigenvalue weighted by molar-refractivity contribution is 5.97. The highest BCUT2D eigenvalue weighted by atomic mass is 16.6. The zero-order valence-electron chi connectivity index (χ0n) is 11.2. The monoisotopic (exact) mass is 257 g/mol. The van der Waals surface area contributed by atoms with E-state index in [1.807, 2.05) is 0 Å². The highest BCUT2D eigenvalue weighted by Gasteiger charge is 2.40. The summed E-state index contributed by atoms with van der Waals surface area (Å²) in [5.41, 5.74) is -0.713. The van der Waals surface area contributed by atoms with E-state index in [4.69, 9.17) is 4.74 Å². The molecule has 0 saturated carbocycles. The maximum Gasteiger partial charge on any atom is 0.417 e. The van der Waals surface area contributed by atoms with Crippen molar-refractivity contribution in [3.05, 3.63) is 0 Å². The summed E-state index contributed by atoms with van der Waals surface area (Å²) in [5.74, 6) is -0.986. The number of hydrogen-bond acceptors (Lipinski definition) is 5. The van der Waals surface area contributed by atoms with E-state index in [0.717, 1.165) is 4.90 Å². The van der Waals surface area contributed by atoms with Gasteiger partial charge in [0, 0.05) is 6.42 Å². The van der Waals surface area contributed by atoms with Crippen molar-refractivity contribution in [1.29, 1.82) is 0 Å². The molecule has 1 unspecified atom stereocenters. The fraction of sp³-hybridized carbons (Fsp3) is 0.750. The molecule has 0 aliphatic carbocycles. The van der Waals surface area contributed by atoms with Crippen molar-refractivity contribution in [2.24, 2.45) is 0 Å². The fourth-order valence-electron chi connectivity index (χ4n) is 1.77. The van der Waals surface area contributed by atoms with E-state index in [1.165, 1.54) is 7.11 Å². The number of likely N-dealkylation sites (tertiary alicyclic amines) is 1. The molecule has 0 bridgehead atoms. The molecule has 6 nitrogen and oxygen atoms in total. The lowest BCUT2D eigenvalue weighted by molar-refractivity contribution is -0.154. The molecular formula is C12H19NO5. The molecule has 1 aliphatic heterocycles. The van der Waals surface area contributed by atoms with Gasteiger partial charge >= 0.3 is 12.1 Å². The number of piperidine rings is 1. The van der Waals surface area contributed by atoms with Crippen LogP contribution in [0.25, 0.3) is 0 Å². The highest BCUT2D eigenvalue weighted by Crippen LogP contribution is 2.22. The van der Waals surface area contributed by atoms with E-state index in [2.05, 4.69) is 4.74 Å². The Morgan fingerprint density at radius 2 is 1.94 bits per heavy atom. The zero-order chi connectivity index (χ0) is 13.9. The number of carbonyl (C=O) groups is 3. The molecular weight excluding hydrogens is 238 g/mol. The molecule has 18 heavy (non-hydrogen) atoms. The SMILES string of the molecule is COC(=O)C1CCCC(=O)N1C(=O)OC(C)(C)C. The van der Waals surface area contributed by atoms with Gasteiger partial charge in [-0.25, -0.2) is 14.5 Å². The number of methoxy groups -OCH3 is 1. The fourth-order valence-corrected chi connectivity index (χ4v) is 1.77. The summed E-state index contributed by atoms with van der Waals surface area (Å²) >= 11 is 0. The molecule has 0 radical (unpaired) electrons. The first-order valence-corrected chi connectivity index (χ1v) is 5.89. The molecule has 1 atom stereocenters. The Bertz CT molecular complexity index is 358. The van der Waals surface area contributed by atoms with Crippen molar-refractivity contribution in [1.82, 2.24) is 4.90 Å². The maximum absolute atomic E-state index is 11.9. The lowest BCUT2D eigenvalue weighted by Crippen LogP contribution is -2.52. The van der Waals surface area contributed by atoms with E-state index in [9.17, 15) is 14.4 Å². The third-order valence-corrected chi connectivity index (χ3v) is 2.51. The van der Waals surface area contributed by atoms with Gasteiger partial charge in [-0.1, -0.05) is 0 Å². The number of carbonyl (C=O) groups excluding carboxylic acids is 3. The second kappa shape index (κ2) is 5.37. The van der Waals surface area contributed by atoms with Gasteiger partial charge in [0.2, 0.25) is 5.91 Å². The molecule has 0 aromatic heterocycles. The summed E-state index contributed by atoms with van der Waals surface area (Å²) in [6.45, 7) is 5.10. The van der Waals surface area contributed by atoms with E-state index in [0.29, 0.717) is 12.8 Å². The lowest BCUT2D eigenvalue weighted by Gasteiger charge is -2.33. The van der Waals surface area contributed by atoms with E-state index < -0.39 is 29.6 Å². The van der Waals surface area contributed by atoms with E-state index in [1.54, 1.807) is 20.8 Å². The minimum atomic E-state index is -0.869. The van der Waals surface area contributed by atoms with Crippen LogP contribution < -0.4 is 0 Å². The Labute approximate surface area is 106 Å². The molecule has 0 N–H and O–H groups in total. The Balaban J connectivity index is 2.88. The second-order valence-corrected chi connectivity index (χ2v) is 5.18. The molecule has 0 aromatic rings. The van der Waals surface area contributed by atoms with Crippen LogP contribution in [-0.4, -0.2) is 41.6 Å². The van der Waals surface area contributed by atoms with Crippen molar-refractivity contribution in [3.8, 4) is 0 Å². The number of imide groups is 1. The first kappa shape index (κ1) is 14.5. The van der Waals surface area contributed by atoms with Gasteiger partial charge in [0.1, 0.15) is 11.6 Å². The van der Waals surface area contributed by atoms with Gasteiger partial charge in [0.15, 0.2) is 0 Å². The Morgan fingerprint density at radius 1 is 1.33 bits per heavy atom. The Hall–Kier alpha value is -1.59. The Kier molecular flexibility index (Phi) is 4.32. The van der Waals surface area contributed by atoms with Gasteiger partial charge in [-0.05, 0) is 33.6 Å². The molecule has 1 saturated heterocycles. The largest absolute Gasteiger partial charge is 0.467 e. The smallest absolute Gasteiger partial charge is 0.417 e. The van der Waals surface area contributed by atoms with Gasteiger partial charge in [-0.3, -0.25) is 4.79 Å². The van der Waals surface area contributed by atoms with Crippen LogP contribution in [-0.2, 0) is 19.1 Å². The van der Waals surface area contributed by atoms with Gasteiger partial charge in [0.05, 0.1) is 7.11 Å². The summed E-state index contributed by atoms with van der Waals surface area (Å²) in [6.07, 6.45) is 0.435. The van der Waals surface area contributed by atoms with Crippen molar-refractivity contribution in [2.75, 3.05) is 7.11 Å². The van der Waals surface area contributed by atoms with Gasteiger partial charge < -0.3 is 9.47 Å². The summed E-state index contributed by atoms with van der Waals surface area (Å²) in [4.78, 5) is 36.1. The maximum atomic E-state index is 11.9. The third kappa shape index (κ3) is 3.45. The number of hydrogen-bond donors (Lipinski definition) is 0. The van der Waals surface area contributed by atoms with Crippen LogP contribution in [0.4, 0.5) is 4.79 Å². The van der Waals surface area contributed by atoms with Crippen LogP contribution in [0.2, 0.25) is 0 Å². The van der Waals surface area contributed by atoms with Gasteiger partial charge in [-0.15, -0.1) is 0 Å². The third-order valence-electron chi connectivity index (χ3n) is 2.51. The summed E-state index contributed by atoms with van der Waals surface area (Å²) in [7, 11) is 1.23. The van der Waals surface area contributed by atoms with Crippen LogP contribution in [0.15, 0.2) is 0 Å². The molecule has 1 rings (SSSR count). The van der Waals surface area contributed by atoms with Crippen molar-refractivity contribution in [3.63, 3.8) is 0 Å². The lowest BCUT2D eigenvalue weighted by atomic mass is 10.0. The summed E-state index contributed by atoms with van der Waals surface area (Å²) < 4.78 is 9.74. The van der Waals surface area contributed by atoms with Crippen LogP contribution >= 0.6 is 0 Å².